The molecule has 2 aliphatic heterocycles. The standard InChI is InChI=1S/C15H22N2/c1-4-12(14-6-2-8-16-11-14)10-13(5-1)15-7-3-9-17-15/h1,4-5,10,14-17H,2-3,6-9,11H2. The van der Waals surface area contributed by atoms with Gasteiger partial charge in [-0.05, 0) is 55.8 Å². The van der Waals surface area contributed by atoms with E-state index in [2.05, 4.69) is 34.9 Å². The van der Waals surface area contributed by atoms with Gasteiger partial charge in [0.25, 0.3) is 0 Å². The summed E-state index contributed by atoms with van der Waals surface area (Å²) in [5.74, 6) is 0.727. The van der Waals surface area contributed by atoms with Crippen LogP contribution in [-0.4, -0.2) is 19.6 Å². The van der Waals surface area contributed by atoms with Crippen LogP contribution in [0.15, 0.2) is 24.3 Å². The van der Waals surface area contributed by atoms with Crippen molar-refractivity contribution in [3.05, 3.63) is 35.4 Å². The van der Waals surface area contributed by atoms with E-state index >= 15 is 0 Å². The Hall–Kier alpha value is -0.860. The summed E-state index contributed by atoms with van der Waals surface area (Å²) in [6.07, 6.45) is 5.28. The smallest absolute Gasteiger partial charge is 0.0320 e. The van der Waals surface area contributed by atoms with Crippen molar-refractivity contribution < 1.29 is 0 Å². The zero-order valence-corrected chi connectivity index (χ0v) is 10.4. The van der Waals surface area contributed by atoms with Gasteiger partial charge in [-0.3, -0.25) is 0 Å². The van der Waals surface area contributed by atoms with Crippen molar-refractivity contribution in [1.29, 1.82) is 0 Å². The Morgan fingerprint density at radius 3 is 2.65 bits per heavy atom. The minimum Gasteiger partial charge on any atom is -0.316 e. The number of nitrogens with one attached hydrogen (secondary N) is 2. The largest absolute Gasteiger partial charge is 0.316 e. The van der Waals surface area contributed by atoms with E-state index in [9.17, 15) is 0 Å². The lowest BCUT2D eigenvalue weighted by Gasteiger charge is -2.24. The van der Waals surface area contributed by atoms with Crippen LogP contribution in [0.25, 0.3) is 0 Å². The molecule has 0 saturated carbocycles. The Morgan fingerprint density at radius 1 is 1.00 bits per heavy atom. The van der Waals surface area contributed by atoms with Crippen LogP contribution in [0.2, 0.25) is 0 Å². The van der Waals surface area contributed by atoms with Crippen LogP contribution in [0.5, 0.6) is 0 Å². The summed E-state index contributed by atoms with van der Waals surface area (Å²) in [5, 5.41) is 7.09. The highest BCUT2D eigenvalue weighted by Crippen LogP contribution is 2.28. The molecule has 2 unspecified atom stereocenters. The Labute approximate surface area is 104 Å². The summed E-state index contributed by atoms with van der Waals surface area (Å²) in [4.78, 5) is 0. The molecule has 2 nitrogen and oxygen atoms in total. The Balaban J connectivity index is 1.77. The molecule has 2 N–H and O–H groups in total. The van der Waals surface area contributed by atoms with Gasteiger partial charge < -0.3 is 10.6 Å². The number of hydrogen-bond acceptors (Lipinski definition) is 2. The average molecular weight is 230 g/mol. The highest BCUT2D eigenvalue weighted by atomic mass is 14.9. The average Bonchev–Trinajstić information content (AvgIpc) is 2.94. The molecule has 2 heteroatoms. The molecule has 2 fully saturated rings. The fourth-order valence-electron chi connectivity index (χ4n) is 3.14. The van der Waals surface area contributed by atoms with Crippen LogP contribution in [0, 0.1) is 0 Å². The normalized spacial score (nSPS) is 29.4. The molecular weight excluding hydrogens is 208 g/mol. The molecule has 2 saturated heterocycles. The topological polar surface area (TPSA) is 24.1 Å². The Kier molecular flexibility index (Phi) is 3.44. The van der Waals surface area contributed by atoms with E-state index in [1.807, 2.05) is 0 Å². The van der Waals surface area contributed by atoms with Crippen LogP contribution in [0.3, 0.4) is 0 Å². The molecule has 3 rings (SSSR count). The number of piperidine rings is 1. The maximum Gasteiger partial charge on any atom is 0.0320 e. The van der Waals surface area contributed by atoms with Gasteiger partial charge in [-0.1, -0.05) is 24.3 Å². The van der Waals surface area contributed by atoms with E-state index in [0.717, 1.165) is 12.5 Å². The third-order valence-electron chi connectivity index (χ3n) is 4.14. The van der Waals surface area contributed by atoms with E-state index < -0.39 is 0 Å². The predicted molar refractivity (Wildman–Crippen MR) is 71.3 cm³/mol. The lowest BCUT2D eigenvalue weighted by atomic mass is 9.89. The van der Waals surface area contributed by atoms with E-state index in [-0.39, 0.29) is 0 Å². The molecule has 0 radical (unpaired) electrons. The van der Waals surface area contributed by atoms with Gasteiger partial charge in [0, 0.05) is 12.6 Å². The first kappa shape index (κ1) is 11.2. The SMILES string of the molecule is c1cc(C2CCCNC2)cc(C2CCCN2)c1. The second kappa shape index (κ2) is 5.19. The first-order chi connectivity index (χ1) is 8.43. The van der Waals surface area contributed by atoms with Crippen LogP contribution in [0.4, 0.5) is 0 Å². The summed E-state index contributed by atoms with van der Waals surface area (Å²) >= 11 is 0. The molecule has 0 bridgehead atoms. The highest BCUT2D eigenvalue weighted by molar-refractivity contribution is 5.29. The van der Waals surface area contributed by atoms with Gasteiger partial charge in [-0.15, -0.1) is 0 Å². The molecule has 17 heavy (non-hydrogen) atoms. The minimum absolute atomic E-state index is 0.603. The fourth-order valence-corrected chi connectivity index (χ4v) is 3.14. The van der Waals surface area contributed by atoms with Crippen molar-refractivity contribution in [2.45, 2.75) is 37.6 Å². The molecule has 0 spiro atoms. The van der Waals surface area contributed by atoms with Crippen molar-refractivity contribution in [2.75, 3.05) is 19.6 Å². The van der Waals surface area contributed by atoms with Crippen molar-refractivity contribution in [3.8, 4) is 0 Å². The number of rotatable bonds is 2. The quantitative estimate of drug-likeness (QED) is 0.816. The van der Waals surface area contributed by atoms with Crippen LogP contribution >= 0.6 is 0 Å². The Morgan fingerprint density at radius 2 is 1.88 bits per heavy atom. The second-order valence-electron chi connectivity index (χ2n) is 5.36. The third-order valence-corrected chi connectivity index (χ3v) is 4.14. The fraction of sp³-hybridized carbons (Fsp3) is 0.600. The molecule has 2 aliphatic rings. The molecule has 2 heterocycles. The van der Waals surface area contributed by atoms with Crippen molar-refractivity contribution in [3.63, 3.8) is 0 Å². The molecule has 0 aliphatic carbocycles. The van der Waals surface area contributed by atoms with Crippen LogP contribution in [0.1, 0.15) is 48.8 Å². The monoisotopic (exact) mass is 230 g/mol. The Bertz CT molecular complexity index is 363. The van der Waals surface area contributed by atoms with Gasteiger partial charge in [0.05, 0.1) is 0 Å². The van der Waals surface area contributed by atoms with E-state index in [0.29, 0.717) is 6.04 Å². The van der Waals surface area contributed by atoms with Gasteiger partial charge in [0.2, 0.25) is 0 Å². The lowest BCUT2D eigenvalue weighted by Crippen LogP contribution is -2.28. The third kappa shape index (κ3) is 2.53. The molecule has 2 atom stereocenters. The predicted octanol–water partition coefficient (Wildman–Crippen LogP) is 2.58. The van der Waals surface area contributed by atoms with Crippen molar-refractivity contribution in [2.24, 2.45) is 0 Å². The maximum atomic E-state index is 3.59. The minimum atomic E-state index is 0.603. The van der Waals surface area contributed by atoms with Crippen molar-refractivity contribution >= 4 is 0 Å². The number of hydrogen-bond donors (Lipinski definition) is 2. The summed E-state index contributed by atoms with van der Waals surface area (Å²) in [6.45, 7) is 3.53. The van der Waals surface area contributed by atoms with Gasteiger partial charge in [-0.25, -0.2) is 0 Å². The summed E-state index contributed by atoms with van der Waals surface area (Å²) in [6, 6.07) is 9.85. The van der Waals surface area contributed by atoms with Crippen LogP contribution in [-0.2, 0) is 0 Å². The maximum absolute atomic E-state index is 3.59. The molecule has 0 amide bonds. The molecule has 1 aromatic rings. The summed E-state index contributed by atoms with van der Waals surface area (Å²) in [7, 11) is 0. The van der Waals surface area contributed by atoms with E-state index in [1.165, 1.54) is 49.9 Å². The molecule has 1 aromatic carbocycles. The first-order valence-corrected chi connectivity index (χ1v) is 6.97. The summed E-state index contributed by atoms with van der Waals surface area (Å²) in [5.41, 5.74) is 3.02. The van der Waals surface area contributed by atoms with Gasteiger partial charge >= 0.3 is 0 Å². The second-order valence-corrected chi connectivity index (χ2v) is 5.36. The zero-order chi connectivity index (χ0) is 11.5. The first-order valence-electron chi connectivity index (χ1n) is 6.97. The highest BCUT2D eigenvalue weighted by Gasteiger charge is 2.19. The van der Waals surface area contributed by atoms with Crippen molar-refractivity contribution in [1.82, 2.24) is 10.6 Å². The van der Waals surface area contributed by atoms with E-state index in [1.54, 1.807) is 0 Å². The van der Waals surface area contributed by atoms with Gasteiger partial charge in [0.1, 0.15) is 0 Å². The lowest BCUT2D eigenvalue weighted by molar-refractivity contribution is 0.461. The van der Waals surface area contributed by atoms with Gasteiger partial charge in [0.15, 0.2) is 0 Å². The molecule has 0 aromatic heterocycles. The summed E-state index contributed by atoms with van der Waals surface area (Å²) < 4.78 is 0. The zero-order valence-electron chi connectivity index (χ0n) is 10.4. The number of benzene rings is 1. The van der Waals surface area contributed by atoms with Gasteiger partial charge in [-0.2, -0.15) is 0 Å². The molecular formula is C15H22N2. The van der Waals surface area contributed by atoms with Crippen LogP contribution < -0.4 is 10.6 Å². The van der Waals surface area contributed by atoms with E-state index in [4.69, 9.17) is 0 Å². The molecule has 92 valence electrons.